The number of rotatable bonds is 2. The van der Waals surface area contributed by atoms with Crippen LogP contribution in [-0.4, -0.2) is 78.4 Å². The van der Waals surface area contributed by atoms with Crippen molar-refractivity contribution in [2.75, 3.05) is 27.8 Å². The minimum atomic E-state index is -0.356. The second-order valence-electron chi connectivity index (χ2n) is 9.91. The van der Waals surface area contributed by atoms with Gasteiger partial charge in [0.2, 0.25) is 0 Å². The number of allylic oxidation sites excluding steroid dienone is 2. The van der Waals surface area contributed by atoms with Crippen molar-refractivity contribution in [3.63, 3.8) is 0 Å². The molecule has 176 valence electrons. The molecule has 4 aliphatic heterocycles. The molecule has 1 aliphatic carbocycles. The number of aliphatic imine (C=N–C) groups is 1. The Morgan fingerprint density at radius 3 is 2.65 bits per heavy atom. The maximum Gasteiger partial charge on any atom is 0.188 e. The number of ether oxygens (including phenoxy) is 2. The van der Waals surface area contributed by atoms with E-state index >= 15 is 0 Å². The maximum absolute atomic E-state index is 13.5. The molecule has 5 aliphatic rings. The molecule has 1 fully saturated rings. The predicted octanol–water partition coefficient (Wildman–Crippen LogP) is 2.21. The summed E-state index contributed by atoms with van der Waals surface area (Å²) >= 11 is 0. The largest absolute Gasteiger partial charge is 0.504 e. The van der Waals surface area contributed by atoms with Crippen molar-refractivity contribution in [1.29, 1.82) is 5.26 Å². The summed E-state index contributed by atoms with van der Waals surface area (Å²) < 4.78 is 11.1. The molecule has 2 bridgehead atoms. The fraction of sp³-hybridized carbons (Fsp3) is 0.500. The summed E-state index contributed by atoms with van der Waals surface area (Å²) in [5.74, 6) is 1.20. The molecule has 1 saturated heterocycles. The summed E-state index contributed by atoms with van der Waals surface area (Å²) in [4.78, 5) is 22.8. The van der Waals surface area contributed by atoms with E-state index in [1.54, 1.807) is 21.1 Å². The fourth-order valence-electron chi connectivity index (χ4n) is 7.15. The molecule has 0 spiro atoms. The van der Waals surface area contributed by atoms with Crippen LogP contribution in [0.2, 0.25) is 0 Å². The number of phenols is 1. The van der Waals surface area contributed by atoms with Crippen LogP contribution in [0.4, 0.5) is 0 Å². The molecule has 2 unspecified atom stereocenters. The Labute approximate surface area is 198 Å². The number of hydrogen-bond donors (Lipinski definition) is 1. The molecule has 0 radical (unpaired) electrons. The van der Waals surface area contributed by atoms with Crippen molar-refractivity contribution in [3.8, 4) is 17.6 Å². The number of fused-ring (bicyclic) bond motifs is 7. The molecule has 1 N–H and O–H groups in total. The number of piperazine rings is 1. The molecule has 34 heavy (non-hydrogen) atoms. The monoisotopic (exact) mass is 460 g/mol. The Bertz CT molecular complexity index is 1290. The van der Waals surface area contributed by atoms with E-state index in [-0.39, 0.29) is 41.7 Å². The zero-order chi connectivity index (χ0) is 24.0. The van der Waals surface area contributed by atoms with Crippen LogP contribution in [-0.2, 0) is 16.0 Å². The lowest BCUT2D eigenvalue weighted by atomic mass is 9.70. The molecule has 0 amide bonds. The highest BCUT2D eigenvalue weighted by Gasteiger charge is 2.58. The van der Waals surface area contributed by atoms with Crippen LogP contribution in [0.5, 0.6) is 11.5 Å². The number of hydrogen-bond acceptors (Lipinski definition) is 8. The van der Waals surface area contributed by atoms with Gasteiger partial charge in [-0.3, -0.25) is 19.6 Å². The van der Waals surface area contributed by atoms with Gasteiger partial charge < -0.3 is 14.6 Å². The van der Waals surface area contributed by atoms with Gasteiger partial charge in [-0.2, -0.15) is 5.26 Å². The highest BCUT2D eigenvalue weighted by Crippen LogP contribution is 2.54. The number of carbonyl (C=O) groups is 1. The van der Waals surface area contributed by atoms with Gasteiger partial charge in [-0.05, 0) is 44.9 Å². The molecule has 1 aromatic carbocycles. The van der Waals surface area contributed by atoms with E-state index in [1.807, 2.05) is 14.0 Å². The first-order chi connectivity index (χ1) is 16.3. The minimum absolute atomic E-state index is 0.00243. The van der Waals surface area contributed by atoms with Crippen LogP contribution in [0.15, 0.2) is 33.5 Å². The number of nitrogens with zero attached hydrogens (tertiary/aromatic N) is 4. The summed E-state index contributed by atoms with van der Waals surface area (Å²) in [6, 6.07) is 3.81. The van der Waals surface area contributed by atoms with Gasteiger partial charge in [0.25, 0.3) is 0 Å². The number of phenolic OH excluding ortho intramolecular Hbond substituents is 1. The quantitative estimate of drug-likeness (QED) is 0.676. The smallest absolute Gasteiger partial charge is 0.188 e. The Hall–Kier alpha value is -3.15. The third kappa shape index (κ3) is 2.44. The summed E-state index contributed by atoms with van der Waals surface area (Å²) in [6.45, 7) is 4.22. The summed E-state index contributed by atoms with van der Waals surface area (Å²) in [5, 5.41) is 21.7. The zero-order valence-electron chi connectivity index (χ0n) is 20.0. The van der Waals surface area contributed by atoms with E-state index in [0.717, 1.165) is 33.5 Å². The van der Waals surface area contributed by atoms with Gasteiger partial charge in [0, 0.05) is 34.4 Å². The molecule has 5 atom stereocenters. The van der Waals surface area contributed by atoms with Crippen LogP contribution >= 0.6 is 0 Å². The number of likely N-dealkylation sites (N-methyl/N-ethyl adjacent to an activating group) is 1. The lowest BCUT2D eigenvalue weighted by Crippen LogP contribution is -2.70. The number of aromatic hydroxyl groups is 1. The highest BCUT2D eigenvalue weighted by atomic mass is 16.5. The SMILES string of the molecule is COC1=C(C)C(=O)C2=C3C1=NCC3N1C(C2)[C@H]2c3c(cc(C)c(OC)c3O)C[C@@H]([C@@H]1C#N)N2C. The second kappa shape index (κ2) is 7.17. The van der Waals surface area contributed by atoms with Crippen molar-refractivity contribution < 1.29 is 19.4 Å². The second-order valence-corrected chi connectivity index (χ2v) is 9.91. The predicted molar refractivity (Wildman–Crippen MR) is 125 cm³/mol. The van der Waals surface area contributed by atoms with Crippen LogP contribution < -0.4 is 4.74 Å². The summed E-state index contributed by atoms with van der Waals surface area (Å²) in [7, 11) is 5.18. The van der Waals surface area contributed by atoms with Crippen molar-refractivity contribution in [2.24, 2.45) is 4.99 Å². The highest BCUT2D eigenvalue weighted by molar-refractivity contribution is 6.27. The number of aryl methyl sites for hydroxylation is 1. The van der Waals surface area contributed by atoms with Crippen molar-refractivity contribution in [2.45, 2.75) is 56.9 Å². The van der Waals surface area contributed by atoms with Crippen LogP contribution in [0, 0.1) is 18.3 Å². The van der Waals surface area contributed by atoms with Gasteiger partial charge in [-0.15, -0.1) is 0 Å². The Balaban J connectivity index is 1.55. The lowest BCUT2D eigenvalue weighted by Gasteiger charge is -2.59. The van der Waals surface area contributed by atoms with E-state index in [9.17, 15) is 15.2 Å². The molecule has 8 nitrogen and oxygen atoms in total. The number of carbonyl (C=O) groups excluding carboxylic acids is 1. The fourth-order valence-corrected chi connectivity index (χ4v) is 7.15. The van der Waals surface area contributed by atoms with Gasteiger partial charge in [-0.25, -0.2) is 0 Å². The van der Waals surface area contributed by atoms with Crippen LogP contribution in [0.1, 0.15) is 36.1 Å². The van der Waals surface area contributed by atoms with E-state index < -0.39 is 0 Å². The van der Waals surface area contributed by atoms with Gasteiger partial charge in [-0.1, -0.05) is 6.07 Å². The standard InChI is InChI=1S/C26H28N4O4/c1-11-6-13-7-15-17(9-27)30-16(22(29(15)3)19(13)24(32)25(11)33-4)8-14-20-18(30)10-28-21(20)26(34-5)12(2)23(14)31/h6,15-18,22,32H,7-8,10H2,1-5H3/t15-,16?,17-,18?,22-/m0/s1. The molecule has 8 heteroatoms. The summed E-state index contributed by atoms with van der Waals surface area (Å²) in [5.41, 5.74) is 5.83. The van der Waals surface area contributed by atoms with Crippen molar-refractivity contribution >= 4 is 11.5 Å². The zero-order valence-corrected chi connectivity index (χ0v) is 20.0. The average Bonchev–Trinajstić information content (AvgIpc) is 3.24. The van der Waals surface area contributed by atoms with Crippen LogP contribution in [0.25, 0.3) is 0 Å². The Morgan fingerprint density at radius 1 is 1.21 bits per heavy atom. The van der Waals surface area contributed by atoms with Gasteiger partial charge in [0.05, 0.1) is 38.9 Å². The molecule has 0 aromatic heterocycles. The van der Waals surface area contributed by atoms with E-state index in [2.05, 4.69) is 21.9 Å². The molecule has 1 aromatic rings. The van der Waals surface area contributed by atoms with Crippen LogP contribution in [0.3, 0.4) is 0 Å². The third-order valence-corrected chi connectivity index (χ3v) is 8.50. The number of ketones is 1. The summed E-state index contributed by atoms with van der Waals surface area (Å²) in [6.07, 6.45) is 1.16. The van der Waals surface area contributed by atoms with Crippen molar-refractivity contribution in [3.05, 3.63) is 45.2 Å². The van der Waals surface area contributed by atoms with E-state index in [1.165, 1.54) is 0 Å². The first-order valence-electron chi connectivity index (χ1n) is 11.7. The lowest BCUT2D eigenvalue weighted by molar-refractivity contribution is -0.114. The molecule has 6 rings (SSSR count). The number of methoxy groups -OCH3 is 2. The van der Waals surface area contributed by atoms with E-state index in [0.29, 0.717) is 36.5 Å². The first kappa shape index (κ1) is 21.4. The van der Waals surface area contributed by atoms with Gasteiger partial charge in [0.15, 0.2) is 23.0 Å². The normalized spacial score (nSPS) is 32.1. The minimum Gasteiger partial charge on any atom is -0.504 e. The maximum atomic E-state index is 13.5. The van der Waals surface area contributed by atoms with Crippen molar-refractivity contribution in [1.82, 2.24) is 9.80 Å². The first-order valence-corrected chi connectivity index (χ1v) is 11.7. The molecular formula is C26H28N4O4. The number of nitriles is 1. The third-order valence-electron chi connectivity index (χ3n) is 8.50. The Kier molecular flexibility index (Phi) is 4.51. The molecular weight excluding hydrogens is 432 g/mol. The number of benzene rings is 1. The topological polar surface area (TPSA) is 98.4 Å². The number of Topliss-reactive ketones (excluding diaryl/α,β-unsaturated/α-hetero) is 1. The Morgan fingerprint density at radius 2 is 1.97 bits per heavy atom. The van der Waals surface area contributed by atoms with Gasteiger partial charge in [0.1, 0.15) is 11.8 Å². The molecule has 4 heterocycles. The van der Waals surface area contributed by atoms with E-state index in [4.69, 9.17) is 14.5 Å². The average molecular weight is 461 g/mol. The van der Waals surface area contributed by atoms with Gasteiger partial charge >= 0.3 is 0 Å². The molecule has 0 saturated carbocycles.